The number of aromatic hydroxyl groups is 1. The largest absolute Gasteiger partial charge is 0.508 e. The molecule has 2 fully saturated rings. The Morgan fingerprint density at radius 3 is 2.40 bits per heavy atom. The lowest BCUT2D eigenvalue weighted by atomic mass is 9.57. The number of carbonyl (C=O) groups is 3. The Bertz CT molecular complexity index is 1380. The molecule has 0 unspecified atom stereocenters. The van der Waals surface area contributed by atoms with Crippen LogP contribution in [0.4, 0.5) is 5.69 Å². The van der Waals surface area contributed by atoms with E-state index in [1.54, 1.807) is 14.1 Å². The molecule has 0 aromatic heterocycles. The highest BCUT2D eigenvalue weighted by Gasteiger charge is 2.64. The Morgan fingerprint density at radius 2 is 1.81 bits per heavy atom. The molecule has 1 aromatic carbocycles. The second-order valence-electron chi connectivity index (χ2n) is 12.5. The number of benzene rings is 1. The van der Waals surface area contributed by atoms with Crippen molar-refractivity contribution in [2.45, 2.75) is 63.1 Å². The number of nitrogens with two attached hydrogens (primary N) is 1. The van der Waals surface area contributed by atoms with Gasteiger partial charge in [-0.25, -0.2) is 0 Å². The Balaban J connectivity index is 1.62. The minimum absolute atomic E-state index is 0.0759. The first-order valence-corrected chi connectivity index (χ1v) is 14.8. The third-order valence-corrected chi connectivity index (χ3v) is 9.76. The summed E-state index contributed by atoms with van der Waals surface area (Å²) in [5, 5.41) is 46.1. The number of likely N-dealkylation sites (tertiary alicyclic amines) is 1. The Hall–Kier alpha value is -3.41. The average molecular weight is 583 g/mol. The first-order chi connectivity index (χ1) is 19.8. The van der Waals surface area contributed by atoms with Crippen LogP contribution in [-0.4, -0.2) is 106 Å². The molecule has 3 aliphatic carbocycles. The monoisotopic (exact) mass is 582 g/mol. The Labute approximate surface area is 245 Å². The second kappa shape index (κ2) is 11.0. The number of hydrogen-bond donors (Lipinski definition) is 5. The van der Waals surface area contributed by atoms with Gasteiger partial charge in [-0.05, 0) is 83.9 Å². The van der Waals surface area contributed by atoms with Gasteiger partial charge in [-0.15, -0.1) is 0 Å². The van der Waals surface area contributed by atoms with Gasteiger partial charge in [-0.1, -0.05) is 19.4 Å². The van der Waals surface area contributed by atoms with Crippen molar-refractivity contribution in [2.75, 3.05) is 45.7 Å². The molecule has 1 heterocycles. The molecule has 0 radical (unpaired) electrons. The second-order valence-corrected chi connectivity index (χ2v) is 12.5. The average Bonchev–Trinajstić information content (AvgIpc) is 2.92. The predicted octanol–water partition coefficient (Wildman–Crippen LogP) is 1.66. The minimum atomic E-state index is -2.64. The van der Waals surface area contributed by atoms with Crippen LogP contribution in [0.15, 0.2) is 29.0 Å². The van der Waals surface area contributed by atoms with Gasteiger partial charge in [0.05, 0.1) is 17.3 Å². The van der Waals surface area contributed by atoms with Crippen molar-refractivity contribution in [1.82, 2.24) is 9.80 Å². The van der Waals surface area contributed by atoms with Crippen molar-refractivity contribution in [1.29, 1.82) is 0 Å². The molecule has 0 bridgehead atoms. The SMILES string of the molecule is CCCCN(c1ccc2c(c1O)C(O)=C1C(=O)[C@]3(O)C(O)=C(C(N)=O)C(=O)[C@@H](N(C)C)[C@@H]3C[C@@H]1C2)C1CCN(C)CC1. The summed E-state index contributed by atoms with van der Waals surface area (Å²) in [4.78, 5) is 45.5. The summed E-state index contributed by atoms with van der Waals surface area (Å²) < 4.78 is 0. The molecule has 1 saturated carbocycles. The van der Waals surface area contributed by atoms with E-state index in [0.717, 1.165) is 45.3 Å². The molecule has 6 N–H and O–H groups in total. The highest BCUT2D eigenvalue weighted by molar-refractivity contribution is 6.24. The highest BCUT2D eigenvalue weighted by atomic mass is 16.3. The molecule has 1 amide bonds. The number of nitrogens with zero attached hydrogens (tertiary/aromatic N) is 3. The molecule has 11 nitrogen and oxygen atoms in total. The zero-order valence-corrected chi connectivity index (χ0v) is 24.8. The number of amides is 1. The van der Waals surface area contributed by atoms with Gasteiger partial charge in [0.25, 0.3) is 5.91 Å². The van der Waals surface area contributed by atoms with Gasteiger partial charge in [0.1, 0.15) is 22.8 Å². The molecule has 4 atom stereocenters. The van der Waals surface area contributed by atoms with Crippen LogP contribution < -0.4 is 10.6 Å². The summed E-state index contributed by atoms with van der Waals surface area (Å²) >= 11 is 0. The van der Waals surface area contributed by atoms with Gasteiger partial charge in [-0.3, -0.25) is 19.3 Å². The summed E-state index contributed by atoms with van der Waals surface area (Å²) in [6.07, 6.45) is 4.11. The van der Waals surface area contributed by atoms with E-state index in [9.17, 15) is 34.8 Å². The third-order valence-electron chi connectivity index (χ3n) is 9.76. The fraction of sp³-hybridized carbons (Fsp3) is 0.581. The summed E-state index contributed by atoms with van der Waals surface area (Å²) in [6.45, 7) is 4.71. The Kier molecular flexibility index (Phi) is 7.88. The van der Waals surface area contributed by atoms with Gasteiger partial charge in [0.2, 0.25) is 5.78 Å². The van der Waals surface area contributed by atoms with E-state index in [4.69, 9.17) is 5.73 Å². The number of fused-ring (bicyclic) bond motifs is 3. The minimum Gasteiger partial charge on any atom is -0.508 e. The number of unbranched alkanes of at least 4 members (excludes halogenated alkanes) is 1. The number of rotatable bonds is 7. The summed E-state index contributed by atoms with van der Waals surface area (Å²) in [6, 6.07) is 2.86. The zero-order chi connectivity index (χ0) is 30.7. The van der Waals surface area contributed by atoms with Crippen molar-refractivity contribution in [3.63, 3.8) is 0 Å². The number of primary amides is 1. The number of phenolic OH excluding ortho intramolecular Hbond substituents is 1. The van der Waals surface area contributed by atoms with Crippen LogP contribution in [0.1, 0.15) is 50.2 Å². The van der Waals surface area contributed by atoms with Crippen LogP contribution in [0.25, 0.3) is 5.76 Å². The van der Waals surface area contributed by atoms with E-state index in [2.05, 4.69) is 23.8 Å². The van der Waals surface area contributed by atoms with Crippen LogP contribution in [0.5, 0.6) is 5.75 Å². The number of anilines is 1. The van der Waals surface area contributed by atoms with Crippen molar-refractivity contribution in [2.24, 2.45) is 17.6 Å². The van der Waals surface area contributed by atoms with Gasteiger partial charge < -0.3 is 36.0 Å². The van der Waals surface area contributed by atoms with Crippen LogP contribution in [0, 0.1) is 11.8 Å². The first kappa shape index (κ1) is 30.1. The maximum Gasteiger partial charge on any atom is 0.255 e. The van der Waals surface area contributed by atoms with Gasteiger partial charge in [-0.2, -0.15) is 0 Å². The first-order valence-electron chi connectivity index (χ1n) is 14.8. The molecule has 0 spiro atoms. The highest BCUT2D eigenvalue weighted by Crippen LogP contribution is 2.53. The number of hydrogen-bond acceptors (Lipinski definition) is 10. The number of aliphatic hydroxyl groups is 3. The molecular formula is C31H42N4O7. The maximum absolute atomic E-state index is 14.1. The standard InChI is InChI=1S/C31H42N4O7/c1-5-6-11-35(18-9-12-34(4)13-10-18)20-8-7-16-14-17-15-19-24(33(2)3)27(38)23(30(32)41)29(40)31(19,42)28(39)22(17)26(37)21(16)25(20)36/h7-8,17-19,24,36-37,40,42H,5-6,9-15H2,1-4H3,(H2,32,41)/t17-,19-,24-,31-/m0/s1. The van der Waals surface area contributed by atoms with E-state index in [1.165, 1.54) is 4.90 Å². The molecule has 42 heavy (non-hydrogen) atoms. The molecule has 5 rings (SSSR count). The number of phenols is 1. The van der Waals surface area contributed by atoms with E-state index in [0.29, 0.717) is 11.3 Å². The van der Waals surface area contributed by atoms with E-state index in [1.807, 2.05) is 12.1 Å². The fourth-order valence-corrected chi connectivity index (χ4v) is 7.57. The molecule has 1 aliphatic heterocycles. The fourth-order valence-electron chi connectivity index (χ4n) is 7.57. The molecule has 4 aliphatic rings. The maximum atomic E-state index is 14.1. The number of piperidine rings is 1. The normalized spacial score (nSPS) is 28.6. The van der Waals surface area contributed by atoms with Crippen LogP contribution in [0.3, 0.4) is 0 Å². The summed E-state index contributed by atoms with van der Waals surface area (Å²) in [5.74, 6) is -6.33. The van der Waals surface area contributed by atoms with Crippen molar-refractivity contribution >= 4 is 28.9 Å². The van der Waals surface area contributed by atoms with Crippen LogP contribution in [0.2, 0.25) is 0 Å². The number of carbonyl (C=O) groups excluding carboxylic acids is 3. The summed E-state index contributed by atoms with van der Waals surface area (Å²) in [5.41, 5.74) is 3.19. The van der Waals surface area contributed by atoms with Gasteiger partial charge in [0.15, 0.2) is 11.4 Å². The summed E-state index contributed by atoms with van der Waals surface area (Å²) in [7, 11) is 5.26. The topological polar surface area (TPSA) is 168 Å². The number of Topliss-reactive ketones (excluding diaryl/α,β-unsaturated/α-hetero) is 2. The lowest BCUT2D eigenvalue weighted by Crippen LogP contribution is -2.65. The molecule has 1 saturated heterocycles. The molecule has 228 valence electrons. The van der Waals surface area contributed by atoms with E-state index in [-0.39, 0.29) is 35.8 Å². The quantitative estimate of drug-likeness (QED) is 0.298. The molecular weight excluding hydrogens is 540 g/mol. The van der Waals surface area contributed by atoms with Gasteiger partial charge in [0, 0.05) is 24.1 Å². The van der Waals surface area contributed by atoms with Crippen molar-refractivity contribution < 1.29 is 34.8 Å². The van der Waals surface area contributed by atoms with Crippen LogP contribution in [-0.2, 0) is 20.8 Å². The smallest absolute Gasteiger partial charge is 0.255 e. The molecule has 11 heteroatoms. The zero-order valence-electron chi connectivity index (χ0n) is 24.8. The van der Waals surface area contributed by atoms with Crippen LogP contribution >= 0.6 is 0 Å². The van der Waals surface area contributed by atoms with Gasteiger partial charge >= 0.3 is 0 Å². The number of ketones is 2. The van der Waals surface area contributed by atoms with Crippen molar-refractivity contribution in [3.8, 4) is 5.75 Å². The lowest BCUT2D eigenvalue weighted by Gasteiger charge is -2.50. The molecule has 1 aromatic rings. The number of likely N-dealkylation sites (N-methyl/N-ethyl adjacent to an activating group) is 1. The van der Waals surface area contributed by atoms with E-state index < -0.39 is 58.0 Å². The third kappa shape index (κ3) is 4.49. The van der Waals surface area contributed by atoms with E-state index >= 15 is 0 Å². The Morgan fingerprint density at radius 1 is 1.14 bits per heavy atom. The van der Waals surface area contributed by atoms with Crippen molar-refractivity contribution in [3.05, 3.63) is 40.2 Å². The number of aliphatic hydroxyl groups excluding tert-OH is 2. The lowest BCUT2D eigenvalue weighted by molar-refractivity contribution is -0.153. The predicted molar refractivity (Wildman–Crippen MR) is 157 cm³/mol.